The first-order valence-electron chi connectivity index (χ1n) is 6.05. The fourth-order valence-electron chi connectivity index (χ4n) is 1.03. The number of ether oxygens (including phenoxy) is 2. The van der Waals surface area contributed by atoms with Gasteiger partial charge in [0.15, 0.2) is 0 Å². The lowest BCUT2D eigenvalue weighted by molar-refractivity contribution is -0.167. The maximum Gasteiger partial charge on any atom is 0.328 e. The first-order chi connectivity index (χ1) is 10.7. The SMILES string of the molecule is NC(=O)CC(=O)NCC(=O)OCOC(=O)CNC(=O)CC(=O)O. The molecule has 3 amide bonds. The zero-order chi connectivity index (χ0) is 17.8. The van der Waals surface area contributed by atoms with Crippen LogP contribution in [0.15, 0.2) is 0 Å². The van der Waals surface area contributed by atoms with E-state index in [2.05, 4.69) is 9.47 Å². The Morgan fingerprint density at radius 2 is 1.26 bits per heavy atom. The van der Waals surface area contributed by atoms with Gasteiger partial charge in [-0.2, -0.15) is 0 Å². The van der Waals surface area contributed by atoms with Crippen molar-refractivity contribution < 1.29 is 43.3 Å². The Bertz CT molecular complexity index is 459. The van der Waals surface area contributed by atoms with Gasteiger partial charge < -0.3 is 30.9 Å². The third-order valence-electron chi connectivity index (χ3n) is 1.95. The second-order valence-corrected chi connectivity index (χ2v) is 3.92. The Morgan fingerprint density at radius 3 is 1.65 bits per heavy atom. The molecule has 0 unspecified atom stereocenters. The van der Waals surface area contributed by atoms with E-state index in [0.29, 0.717) is 0 Å². The fourth-order valence-corrected chi connectivity index (χ4v) is 1.03. The van der Waals surface area contributed by atoms with Gasteiger partial charge in [0.1, 0.15) is 25.9 Å². The molecule has 0 aromatic heterocycles. The number of primary amides is 1. The van der Waals surface area contributed by atoms with Crippen molar-refractivity contribution in [3.8, 4) is 0 Å². The average molecular weight is 333 g/mol. The number of aliphatic carboxylic acids is 1. The van der Waals surface area contributed by atoms with Crippen LogP contribution >= 0.6 is 0 Å². The van der Waals surface area contributed by atoms with Crippen molar-refractivity contribution in [3.05, 3.63) is 0 Å². The lowest BCUT2D eigenvalue weighted by atomic mass is 10.4. The van der Waals surface area contributed by atoms with E-state index in [1.807, 2.05) is 10.6 Å². The van der Waals surface area contributed by atoms with Crippen molar-refractivity contribution in [2.24, 2.45) is 5.73 Å². The summed E-state index contributed by atoms with van der Waals surface area (Å²) in [7, 11) is 0. The standard InChI is InChI=1S/C11H15N3O9/c12-6(15)1-7(16)13-3-10(20)22-5-23-11(21)4-14-8(17)2-9(18)19/h1-5H2,(H2,12,15)(H,13,16)(H,14,17)(H,18,19). The number of nitrogens with one attached hydrogen (secondary N) is 2. The molecule has 0 rings (SSSR count). The highest BCUT2D eigenvalue weighted by Crippen LogP contribution is 1.85. The summed E-state index contributed by atoms with van der Waals surface area (Å²) in [5.74, 6) is -5.78. The third-order valence-corrected chi connectivity index (χ3v) is 1.95. The van der Waals surface area contributed by atoms with Gasteiger partial charge in [-0.05, 0) is 0 Å². The number of nitrogens with two attached hydrogens (primary N) is 1. The first-order valence-corrected chi connectivity index (χ1v) is 6.05. The van der Waals surface area contributed by atoms with Gasteiger partial charge in [-0.1, -0.05) is 0 Å². The van der Waals surface area contributed by atoms with Gasteiger partial charge in [0.25, 0.3) is 0 Å². The van der Waals surface area contributed by atoms with E-state index in [1.165, 1.54) is 0 Å². The molecule has 0 aliphatic heterocycles. The summed E-state index contributed by atoms with van der Waals surface area (Å²) in [5, 5.41) is 12.3. The molecule has 0 saturated carbocycles. The topological polar surface area (TPSA) is 191 Å². The molecule has 0 aliphatic rings. The van der Waals surface area contributed by atoms with Gasteiger partial charge in [-0.15, -0.1) is 0 Å². The zero-order valence-electron chi connectivity index (χ0n) is 11.8. The van der Waals surface area contributed by atoms with Crippen LogP contribution in [0.25, 0.3) is 0 Å². The van der Waals surface area contributed by atoms with Crippen LogP contribution < -0.4 is 16.4 Å². The predicted molar refractivity (Wildman–Crippen MR) is 69.1 cm³/mol. The van der Waals surface area contributed by atoms with Crippen LogP contribution in [0.4, 0.5) is 0 Å². The molecular weight excluding hydrogens is 318 g/mol. The van der Waals surface area contributed by atoms with Crippen molar-refractivity contribution in [2.45, 2.75) is 12.8 Å². The Morgan fingerprint density at radius 1 is 0.826 bits per heavy atom. The van der Waals surface area contributed by atoms with Crippen LogP contribution in [0.1, 0.15) is 12.8 Å². The molecule has 0 aromatic carbocycles. The Balaban J connectivity index is 3.76. The van der Waals surface area contributed by atoms with E-state index < -0.39 is 68.4 Å². The predicted octanol–water partition coefficient (Wildman–Crippen LogP) is -3.39. The normalized spacial score (nSPS) is 9.39. The first kappa shape index (κ1) is 19.8. The monoisotopic (exact) mass is 333 g/mol. The summed E-state index contributed by atoms with van der Waals surface area (Å²) in [6.07, 6.45) is -1.38. The number of esters is 2. The summed E-state index contributed by atoms with van der Waals surface area (Å²) in [6, 6.07) is 0. The number of hydrogen-bond donors (Lipinski definition) is 4. The number of carboxylic acid groups (broad SMARTS) is 1. The van der Waals surface area contributed by atoms with Crippen LogP contribution in [0, 0.1) is 0 Å². The van der Waals surface area contributed by atoms with Gasteiger partial charge in [-0.25, -0.2) is 0 Å². The summed E-state index contributed by atoms with van der Waals surface area (Å²) in [5.41, 5.74) is 4.75. The molecule has 0 fully saturated rings. The molecule has 12 heteroatoms. The summed E-state index contributed by atoms with van der Waals surface area (Å²) in [4.78, 5) is 64.7. The molecule has 0 aliphatic carbocycles. The lowest BCUT2D eigenvalue weighted by Crippen LogP contribution is -2.34. The number of carboxylic acids is 1. The molecule has 128 valence electrons. The number of rotatable bonds is 10. The largest absolute Gasteiger partial charge is 0.481 e. The minimum Gasteiger partial charge on any atom is -0.481 e. The zero-order valence-corrected chi connectivity index (χ0v) is 11.8. The van der Waals surface area contributed by atoms with Gasteiger partial charge in [0, 0.05) is 0 Å². The van der Waals surface area contributed by atoms with Crippen LogP contribution in [0.5, 0.6) is 0 Å². The Kier molecular flexibility index (Phi) is 9.08. The molecular formula is C11H15N3O9. The van der Waals surface area contributed by atoms with Crippen LogP contribution in [0.2, 0.25) is 0 Å². The number of carbonyl (C=O) groups excluding carboxylic acids is 5. The van der Waals surface area contributed by atoms with E-state index >= 15 is 0 Å². The lowest BCUT2D eigenvalue weighted by Gasteiger charge is -2.07. The Labute approximate surface area is 129 Å². The molecule has 0 saturated heterocycles. The second kappa shape index (κ2) is 10.5. The molecule has 5 N–H and O–H groups in total. The number of carbonyl (C=O) groups is 6. The molecule has 0 atom stereocenters. The van der Waals surface area contributed by atoms with E-state index in [9.17, 15) is 28.8 Å². The number of amides is 3. The van der Waals surface area contributed by atoms with Crippen molar-refractivity contribution in [3.63, 3.8) is 0 Å². The molecule has 0 heterocycles. The van der Waals surface area contributed by atoms with Gasteiger partial charge in [0.05, 0.1) is 0 Å². The maximum absolute atomic E-state index is 11.1. The van der Waals surface area contributed by atoms with Crippen molar-refractivity contribution in [1.29, 1.82) is 0 Å². The highest BCUT2D eigenvalue weighted by atomic mass is 16.7. The van der Waals surface area contributed by atoms with E-state index in [0.717, 1.165) is 0 Å². The molecule has 12 nitrogen and oxygen atoms in total. The van der Waals surface area contributed by atoms with Crippen molar-refractivity contribution in [2.75, 3.05) is 19.9 Å². The average Bonchev–Trinajstić information content (AvgIpc) is 2.41. The molecule has 23 heavy (non-hydrogen) atoms. The van der Waals surface area contributed by atoms with Gasteiger partial charge >= 0.3 is 17.9 Å². The summed E-state index contributed by atoms with van der Waals surface area (Å²) < 4.78 is 8.83. The van der Waals surface area contributed by atoms with E-state index in [1.54, 1.807) is 0 Å². The van der Waals surface area contributed by atoms with Gasteiger partial charge in [0.2, 0.25) is 24.5 Å². The van der Waals surface area contributed by atoms with Crippen LogP contribution in [-0.4, -0.2) is 60.6 Å². The number of hydrogen-bond acceptors (Lipinski definition) is 8. The quantitative estimate of drug-likeness (QED) is 0.179. The highest BCUT2D eigenvalue weighted by Gasteiger charge is 2.12. The summed E-state index contributed by atoms with van der Waals surface area (Å²) in [6.45, 7) is -1.92. The summed E-state index contributed by atoms with van der Waals surface area (Å²) >= 11 is 0. The van der Waals surface area contributed by atoms with Crippen molar-refractivity contribution in [1.82, 2.24) is 10.6 Å². The third kappa shape index (κ3) is 12.3. The molecule has 0 spiro atoms. The molecule has 0 aromatic rings. The van der Waals surface area contributed by atoms with E-state index in [-0.39, 0.29) is 0 Å². The minimum absolute atomic E-state index is 0.557. The fraction of sp³-hybridized carbons (Fsp3) is 0.455. The second-order valence-electron chi connectivity index (χ2n) is 3.92. The minimum atomic E-state index is -1.36. The van der Waals surface area contributed by atoms with Crippen LogP contribution in [-0.2, 0) is 38.2 Å². The highest BCUT2D eigenvalue weighted by molar-refractivity contribution is 5.97. The molecule has 0 bridgehead atoms. The maximum atomic E-state index is 11.1. The van der Waals surface area contributed by atoms with Crippen LogP contribution in [0.3, 0.4) is 0 Å². The van der Waals surface area contributed by atoms with Crippen molar-refractivity contribution >= 4 is 35.6 Å². The van der Waals surface area contributed by atoms with Gasteiger partial charge in [-0.3, -0.25) is 28.8 Å². The van der Waals surface area contributed by atoms with E-state index in [4.69, 9.17) is 10.8 Å². The Hall–Kier alpha value is -3.18. The smallest absolute Gasteiger partial charge is 0.328 e. The molecule has 0 radical (unpaired) electrons.